The predicted molar refractivity (Wildman–Crippen MR) is 45.2 cm³/mol. The van der Waals surface area contributed by atoms with E-state index in [0.29, 0.717) is 0 Å². The van der Waals surface area contributed by atoms with Gasteiger partial charge in [-0.15, -0.1) is 0 Å². The van der Waals surface area contributed by atoms with Crippen molar-refractivity contribution in [2.24, 2.45) is 0 Å². The molecule has 12 heavy (non-hydrogen) atoms. The highest BCUT2D eigenvalue weighted by atomic mass is 35.5. The standard InChI is InChI=1S/C7H5Cl2NO2/c8-3-1-4(7(11)12)6(10)5(9)2-3/h1-2H,10H2,(H,11,12)/p-1. The van der Waals surface area contributed by atoms with Crippen molar-refractivity contribution in [3.05, 3.63) is 27.7 Å². The van der Waals surface area contributed by atoms with Gasteiger partial charge in [0.25, 0.3) is 0 Å². The minimum atomic E-state index is -1.39. The number of rotatable bonds is 1. The first kappa shape index (κ1) is 9.16. The van der Waals surface area contributed by atoms with Crippen molar-refractivity contribution >= 4 is 34.9 Å². The zero-order chi connectivity index (χ0) is 9.30. The van der Waals surface area contributed by atoms with Gasteiger partial charge in [-0.25, -0.2) is 0 Å². The van der Waals surface area contributed by atoms with Gasteiger partial charge >= 0.3 is 0 Å². The lowest BCUT2D eigenvalue weighted by molar-refractivity contribution is -0.254. The summed E-state index contributed by atoms with van der Waals surface area (Å²) in [6, 6.07) is 2.56. The number of hydrogen-bond acceptors (Lipinski definition) is 3. The number of nitrogen functional groups attached to an aromatic ring is 1. The van der Waals surface area contributed by atoms with Crippen molar-refractivity contribution in [1.82, 2.24) is 0 Å². The van der Waals surface area contributed by atoms with Gasteiger partial charge in [-0.2, -0.15) is 0 Å². The van der Waals surface area contributed by atoms with Gasteiger partial charge in [-0.05, 0) is 12.1 Å². The fourth-order valence-electron chi connectivity index (χ4n) is 0.754. The number of carboxylic acids is 1. The van der Waals surface area contributed by atoms with Gasteiger partial charge in [0, 0.05) is 10.6 Å². The fraction of sp³-hybridized carbons (Fsp3) is 0. The third-order valence-electron chi connectivity index (χ3n) is 1.31. The van der Waals surface area contributed by atoms with Gasteiger partial charge < -0.3 is 15.6 Å². The topological polar surface area (TPSA) is 66.2 Å². The first-order chi connectivity index (χ1) is 5.52. The van der Waals surface area contributed by atoms with Crippen molar-refractivity contribution in [2.45, 2.75) is 0 Å². The molecular weight excluding hydrogens is 201 g/mol. The predicted octanol–water partition coefficient (Wildman–Crippen LogP) is 0.939. The summed E-state index contributed by atoms with van der Waals surface area (Å²) in [5.41, 5.74) is 5.13. The maximum absolute atomic E-state index is 10.4. The van der Waals surface area contributed by atoms with Crippen LogP contribution in [-0.4, -0.2) is 5.97 Å². The van der Waals surface area contributed by atoms with Gasteiger partial charge in [0.05, 0.1) is 16.7 Å². The lowest BCUT2D eigenvalue weighted by atomic mass is 10.2. The van der Waals surface area contributed by atoms with Crippen molar-refractivity contribution in [2.75, 3.05) is 5.73 Å². The molecule has 0 aliphatic rings. The zero-order valence-corrected chi connectivity index (χ0v) is 7.32. The molecule has 0 aliphatic carbocycles. The second-order valence-corrected chi connectivity index (χ2v) is 2.98. The molecule has 3 nitrogen and oxygen atoms in total. The van der Waals surface area contributed by atoms with Crippen LogP contribution in [0.5, 0.6) is 0 Å². The van der Waals surface area contributed by atoms with Crippen LogP contribution in [0.4, 0.5) is 5.69 Å². The molecule has 64 valence electrons. The molecule has 2 N–H and O–H groups in total. The van der Waals surface area contributed by atoms with Gasteiger partial charge in [0.15, 0.2) is 0 Å². The minimum absolute atomic E-state index is 0.0268. The Morgan fingerprint density at radius 1 is 1.42 bits per heavy atom. The fourth-order valence-corrected chi connectivity index (χ4v) is 1.25. The van der Waals surface area contributed by atoms with E-state index in [1.54, 1.807) is 0 Å². The van der Waals surface area contributed by atoms with E-state index in [1.165, 1.54) is 12.1 Å². The maximum Gasteiger partial charge on any atom is 0.0737 e. The Morgan fingerprint density at radius 2 is 2.00 bits per heavy atom. The SMILES string of the molecule is Nc1c(Cl)cc(Cl)cc1C(=O)[O-]. The highest BCUT2D eigenvalue weighted by Crippen LogP contribution is 2.26. The Morgan fingerprint density at radius 3 is 2.50 bits per heavy atom. The number of aromatic carboxylic acids is 1. The van der Waals surface area contributed by atoms with Crippen LogP contribution in [-0.2, 0) is 0 Å². The number of anilines is 1. The average Bonchev–Trinajstić information content (AvgIpc) is 1.96. The number of carbonyl (C=O) groups excluding carboxylic acids is 1. The molecule has 0 spiro atoms. The van der Waals surface area contributed by atoms with Gasteiger partial charge in [0.2, 0.25) is 0 Å². The second kappa shape index (κ2) is 3.21. The first-order valence-electron chi connectivity index (χ1n) is 2.98. The molecule has 0 radical (unpaired) electrons. The molecule has 0 atom stereocenters. The Labute approximate surface area is 78.7 Å². The van der Waals surface area contributed by atoms with Crippen LogP contribution >= 0.6 is 23.2 Å². The summed E-state index contributed by atoms with van der Waals surface area (Å²) < 4.78 is 0. The molecule has 1 aromatic carbocycles. The molecule has 0 heterocycles. The molecular formula is C7H4Cl2NO2-. The molecule has 0 aromatic heterocycles. The van der Waals surface area contributed by atoms with Gasteiger partial charge in [-0.3, -0.25) is 0 Å². The summed E-state index contributed by atoms with van der Waals surface area (Å²) in [6.07, 6.45) is 0. The Bertz CT molecular complexity index is 338. The van der Waals surface area contributed by atoms with E-state index in [2.05, 4.69) is 0 Å². The third-order valence-corrected chi connectivity index (χ3v) is 1.85. The molecule has 0 fully saturated rings. The normalized spacial score (nSPS) is 9.83. The molecule has 0 saturated carbocycles. The molecule has 5 heteroatoms. The third kappa shape index (κ3) is 1.62. The number of hydrogen-bond donors (Lipinski definition) is 1. The van der Waals surface area contributed by atoms with Gasteiger partial charge in [0.1, 0.15) is 0 Å². The molecule has 0 bridgehead atoms. The van der Waals surface area contributed by atoms with Crippen LogP contribution in [0.25, 0.3) is 0 Å². The monoisotopic (exact) mass is 204 g/mol. The van der Waals surface area contributed by atoms with Crippen molar-refractivity contribution < 1.29 is 9.90 Å². The maximum atomic E-state index is 10.4. The van der Waals surface area contributed by atoms with Crippen molar-refractivity contribution in [1.29, 1.82) is 0 Å². The highest BCUT2D eigenvalue weighted by Gasteiger charge is 2.05. The number of halogens is 2. The van der Waals surface area contributed by atoms with Crippen LogP contribution < -0.4 is 10.8 Å². The van der Waals surface area contributed by atoms with Crippen molar-refractivity contribution in [3.63, 3.8) is 0 Å². The lowest BCUT2D eigenvalue weighted by Gasteiger charge is -2.08. The average molecular weight is 205 g/mol. The smallest absolute Gasteiger partial charge is 0.0737 e. The molecule has 1 aromatic rings. The number of carboxylic acid groups (broad SMARTS) is 1. The van der Waals surface area contributed by atoms with E-state index in [1.807, 2.05) is 0 Å². The Balaban J connectivity index is 3.37. The second-order valence-electron chi connectivity index (χ2n) is 2.14. The Hall–Kier alpha value is -0.930. The zero-order valence-electron chi connectivity index (χ0n) is 5.80. The van der Waals surface area contributed by atoms with E-state index in [-0.39, 0.29) is 21.3 Å². The summed E-state index contributed by atoms with van der Waals surface area (Å²) in [5, 5.41) is 10.7. The highest BCUT2D eigenvalue weighted by molar-refractivity contribution is 6.37. The van der Waals surface area contributed by atoms with E-state index in [9.17, 15) is 9.90 Å². The molecule has 1 rings (SSSR count). The van der Waals surface area contributed by atoms with Crippen molar-refractivity contribution in [3.8, 4) is 0 Å². The molecule has 0 aliphatic heterocycles. The van der Waals surface area contributed by atoms with Crippen LogP contribution in [0.2, 0.25) is 10.0 Å². The summed E-state index contributed by atoms with van der Waals surface area (Å²) in [6.45, 7) is 0. The summed E-state index contributed by atoms with van der Waals surface area (Å²) in [5.74, 6) is -1.39. The van der Waals surface area contributed by atoms with E-state index >= 15 is 0 Å². The Kier molecular flexibility index (Phi) is 2.45. The molecule has 0 unspecified atom stereocenters. The van der Waals surface area contributed by atoms with Crippen LogP contribution in [0.3, 0.4) is 0 Å². The summed E-state index contributed by atoms with van der Waals surface area (Å²) >= 11 is 11.1. The van der Waals surface area contributed by atoms with Crippen LogP contribution in [0.1, 0.15) is 10.4 Å². The lowest BCUT2D eigenvalue weighted by Crippen LogP contribution is -2.23. The summed E-state index contributed by atoms with van der Waals surface area (Å²) in [4.78, 5) is 10.4. The van der Waals surface area contributed by atoms with Crippen LogP contribution in [0, 0.1) is 0 Å². The molecule has 0 amide bonds. The van der Waals surface area contributed by atoms with E-state index in [4.69, 9.17) is 28.9 Å². The summed E-state index contributed by atoms with van der Waals surface area (Å²) in [7, 11) is 0. The number of carbonyl (C=O) groups is 1. The van der Waals surface area contributed by atoms with E-state index in [0.717, 1.165) is 0 Å². The number of nitrogens with two attached hydrogens (primary N) is 1. The minimum Gasteiger partial charge on any atom is -0.545 e. The largest absolute Gasteiger partial charge is 0.545 e. The van der Waals surface area contributed by atoms with Gasteiger partial charge in [-0.1, -0.05) is 23.2 Å². The molecule has 0 saturated heterocycles. The quantitative estimate of drug-likeness (QED) is 0.693. The first-order valence-corrected chi connectivity index (χ1v) is 3.74. The van der Waals surface area contributed by atoms with E-state index < -0.39 is 5.97 Å². The number of benzene rings is 1. The van der Waals surface area contributed by atoms with Crippen LogP contribution in [0.15, 0.2) is 12.1 Å².